The molecule has 1 atom stereocenters. The van der Waals surface area contributed by atoms with E-state index in [-0.39, 0.29) is 0 Å². The van der Waals surface area contributed by atoms with E-state index < -0.39 is 0 Å². The van der Waals surface area contributed by atoms with Crippen molar-refractivity contribution in [3.8, 4) is 0 Å². The molecule has 0 saturated carbocycles. The third kappa shape index (κ3) is 33.5. The third-order valence-electron chi connectivity index (χ3n) is 1.36. The summed E-state index contributed by atoms with van der Waals surface area (Å²) < 4.78 is 0. The molecule has 0 radical (unpaired) electrons. The molecule has 1 unspecified atom stereocenters. The normalized spacial score (nSPS) is 9.83. The van der Waals surface area contributed by atoms with Crippen LogP contribution in [-0.2, 0) is 4.79 Å². The third-order valence-corrected chi connectivity index (χ3v) is 1.36. The van der Waals surface area contributed by atoms with Gasteiger partial charge in [-0.1, -0.05) is 34.1 Å². The summed E-state index contributed by atoms with van der Waals surface area (Å²) in [5.74, 6) is 0.824. The minimum Gasteiger partial charge on any atom is -0.330 e. The largest absolute Gasteiger partial charge is 0.330 e. The van der Waals surface area contributed by atoms with Crippen molar-refractivity contribution in [1.29, 1.82) is 0 Å². The zero-order valence-corrected chi connectivity index (χ0v) is 9.26. The van der Waals surface area contributed by atoms with Crippen LogP contribution in [0.2, 0.25) is 0 Å². The second-order valence-electron chi connectivity index (χ2n) is 2.33. The Hall–Kier alpha value is -0.370. The van der Waals surface area contributed by atoms with Crippen LogP contribution in [-0.4, -0.2) is 12.8 Å². The topological polar surface area (TPSA) is 43.1 Å². The van der Waals surface area contributed by atoms with Gasteiger partial charge in [0.2, 0.25) is 0 Å². The van der Waals surface area contributed by atoms with Crippen molar-refractivity contribution in [3.05, 3.63) is 0 Å². The Morgan fingerprint density at radius 3 is 1.83 bits per heavy atom. The first-order valence-electron chi connectivity index (χ1n) is 4.82. The van der Waals surface area contributed by atoms with Crippen molar-refractivity contribution in [2.75, 3.05) is 6.54 Å². The molecule has 0 bridgehead atoms. The minimum absolute atomic E-state index is 0.750. The number of aldehydes is 1. The van der Waals surface area contributed by atoms with Gasteiger partial charge < -0.3 is 10.5 Å². The van der Waals surface area contributed by atoms with E-state index in [0.29, 0.717) is 0 Å². The van der Waals surface area contributed by atoms with Gasteiger partial charge in [-0.3, -0.25) is 0 Å². The van der Waals surface area contributed by atoms with Gasteiger partial charge in [0.1, 0.15) is 6.29 Å². The first-order valence-corrected chi connectivity index (χ1v) is 4.82. The first kappa shape index (κ1) is 17.6. The Bertz CT molecular complexity index is 64.9. The highest BCUT2D eigenvalue weighted by molar-refractivity contribution is 5.44. The highest BCUT2D eigenvalue weighted by Gasteiger charge is 1.92. The zero-order valence-electron chi connectivity index (χ0n) is 9.26. The highest BCUT2D eigenvalue weighted by atomic mass is 16.1. The average Bonchev–Trinajstić information content (AvgIpc) is 2.10. The number of carbonyl (C=O) groups is 1. The van der Waals surface area contributed by atoms with Crippen LogP contribution in [0.25, 0.3) is 0 Å². The lowest BCUT2D eigenvalue weighted by molar-refractivity contribution is -0.106. The van der Waals surface area contributed by atoms with Crippen LogP contribution in [0.4, 0.5) is 0 Å². The lowest BCUT2D eigenvalue weighted by atomic mass is 10.1. The molecule has 2 heteroatoms. The van der Waals surface area contributed by atoms with Gasteiger partial charge in [-0.15, -0.1) is 0 Å². The van der Waals surface area contributed by atoms with E-state index in [9.17, 15) is 0 Å². The Kier molecular flexibility index (Phi) is 33.0. The number of carbonyl (C=O) groups excluding carboxylic acids is 1. The molecule has 2 nitrogen and oxygen atoms in total. The van der Waals surface area contributed by atoms with Crippen LogP contribution in [0.15, 0.2) is 0 Å². The van der Waals surface area contributed by atoms with Gasteiger partial charge in [-0.2, -0.15) is 0 Å². The van der Waals surface area contributed by atoms with Crippen molar-refractivity contribution in [2.24, 2.45) is 11.7 Å². The van der Waals surface area contributed by atoms with Crippen LogP contribution in [0.3, 0.4) is 0 Å². The Balaban J connectivity index is -0.000000137. The average molecular weight is 175 g/mol. The lowest BCUT2D eigenvalue weighted by Crippen LogP contribution is -2.04. The molecule has 0 aliphatic heterocycles. The molecular weight excluding hydrogens is 150 g/mol. The first-order chi connectivity index (χ1) is 5.72. The monoisotopic (exact) mass is 175 g/mol. The van der Waals surface area contributed by atoms with Crippen molar-refractivity contribution < 1.29 is 4.79 Å². The van der Waals surface area contributed by atoms with Crippen LogP contribution >= 0.6 is 0 Å². The maximum Gasteiger partial charge on any atom is 0.116 e. The van der Waals surface area contributed by atoms with Crippen molar-refractivity contribution in [2.45, 2.75) is 47.5 Å². The molecule has 0 spiro atoms. The van der Waals surface area contributed by atoms with Crippen molar-refractivity contribution in [1.82, 2.24) is 0 Å². The molecule has 0 fully saturated rings. The van der Waals surface area contributed by atoms with Crippen LogP contribution in [0, 0.1) is 5.92 Å². The molecule has 0 saturated heterocycles. The fourth-order valence-electron chi connectivity index (χ4n) is 0.489. The summed E-state index contributed by atoms with van der Waals surface area (Å²) in [5.41, 5.74) is 5.30. The van der Waals surface area contributed by atoms with Gasteiger partial charge in [0.15, 0.2) is 0 Å². The number of rotatable bonds is 3. The van der Waals surface area contributed by atoms with E-state index in [0.717, 1.165) is 18.7 Å². The van der Waals surface area contributed by atoms with Gasteiger partial charge in [-0.25, -0.2) is 0 Å². The van der Waals surface area contributed by atoms with Gasteiger partial charge >= 0.3 is 0 Å². The zero-order chi connectivity index (χ0) is 10.4. The summed E-state index contributed by atoms with van der Waals surface area (Å²) in [6, 6.07) is 0. The Morgan fingerprint density at radius 1 is 1.42 bits per heavy atom. The summed E-state index contributed by atoms with van der Waals surface area (Å²) >= 11 is 0. The molecule has 0 amide bonds. The van der Waals surface area contributed by atoms with Crippen LogP contribution in [0.5, 0.6) is 0 Å². The molecule has 0 aromatic rings. The van der Waals surface area contributed by atoms with E-state index in [1.165, 1.54) is 19.8 Å². The molecule has 0 rings (SSSR count). The molecule has 0 aromatic carbocycles. The Morgan fingerprint density at radius 2 is 1.75 bits per heavy atom. The smallest absolute Gasteiger partial charge is 0.116 e. The van der Waals surface area contributed by atoms with E-state index in [1.807, 2.05) is 13.8 Å². The molecule has 2 N–H and O–H groups in total. The SMILES string of the molecule is CC.CC=O.CCC(C)CCN. The number of hydrogen-bond acceptors (Lipinski definition) is 2. The second kappa shape index (κ2) is 22.4. The fraction of sp³-hybridized carbons (Fsp3) is 0.900. The maximum absolute atomic E-state index is 8.81. The summed E-state index contributed by atoms with van der Waals surface area (Å²) in [6.07, 6.45) is 3.19. The van der Waals surface area contributed by atoms with Crippen LogP contribution in [0.1, 0.15) is 47.5 Å². The van der Waals surface area contributed by atoms with Crippen molar-refractivity contribution in [3.63, 3.8) is 0 Å². The molecule has 0 heterocycles. The summed E-state index contributed by atoms with van der Waals surface area (Å²) in [5, 5.41) is 0. The summed E-state index contributed by atoms with van der Waals surface area (Å²) in [4.78, 5) is 8.81. The van der Waals surface area contributed by atoms with Gasteiger partial charge in [0.05, 0.1) is 0 Å². The molecule has 0 aliphatic carbocycles. The fourth-order valence-corrected chi connectivity index (χ4v) is 0.489. The van der Waals surface area contributed by atoms with Crippen LogP contribution < -0.4 is 5.73 Å². The molecule has 0 aromatic heterocycles. The minimum atomic E-state index is 0.750. The summed E-state index contributed by atoms with van der Waals surface area (Å²) in [7, 11) is 0. The standard InChI is InChI=1S/C6H15N.C2H4O.C2H6/c1-3-6(2)4-5-7;1-2-3;1-2/h6H,3-5,7H2,1-2H3;2H,1H3;1-2H3. The van der Waals surface area contributed by atoms with Gasteiger partial charge in [0, 0.05) is 0 Å². The predicted octanol–water partition coefficient (Wildman–Crippen LogP) is 2.61. The van der Waals surface area contributed by atoms with Gasteiger partial charge in [0.25, 0.3) is 0 Å². The molecular formula is C10H25NO. The molecule has 12 heavy (non-hydrogen) atoms. The van der Waals surface area contributed by atoms with E-state index >= 15 is 0 Å². The second-order valence-corrected chi connectivity index (χ2v) is 2.33. The summed E-state index contributed by atoms with van der Waals surface area (Å²) in [6.45, 7) is 10.7. The lowest BCUT2D eigenvalue weighted by Gasteiger charge is -2.02. The number of nitrogens with two attached hydrogens (primary N) is 1. The van der Waals surface area contributed by atoms with E-state index in [4.69, 9.17) is 10.5 Å². The quantitative estimate of drug-likeness (QED) is 0.670. The Labute approximate surface area is 77.5 Å². The molecule has 0 aliphatic rings. The molecule has 76 valence electrons. The van der Waals surface area contributed by atoms with Crippen molar-refractivity contribution >= 4 is 6.29 Å². The van der Waals surface area contributed by atoms with Gasteiger partial charge in [-0.05, 0) is 25.8 Å². The number of hydrogen-bond donors (Lipinski definition) is 1. The van der Waals surface area contributed by atoms with E-state index in [1.54, 1.807) is 0 Å². The predicted molar refractivity (Wildman–Crippen MR) is 56.2 cm³/mol. The maximum atomic E-state index is 8.81. The van der Waals surface area contributed by atoms with E-state index in [2.05, 4.69) is 13.8 Å². The highest BCUT2D eigenvalue weighted by Crippen LogP contribution is 2.02.